The van der Waals surface area contributed by atoms with E-state index in [1.54, 1.807) is 0 Å². The van der Waals surface area contributed by atoms with Crippen LogP contribution < -0.4 is 5.56 Å². The maximum atomic E-state index is 11.4. The van der Waals surface area contributed by atoms with Crippen molar-refractivity contribution in [2.75, 3.05) is 7.11 Å². The van der Waals surface area contributed by atoms with Crippen LogP contribution in [0.25, 0.3) is 0 Å². The Kier molecular flexibility index (Phi) is 4.36. The number of allylic oxidation sites excluding steroid dienone is 1. The number of esters is 1. The van der Waals surface area contributed by atoms with Gasteiger partial charge in [0.2, 0.25) is 0 Å². The number of pyridine rings is 1. The Morgan fingerprint density at radius 1 is 1.56 bits per heavy atom. The van der Waals surface area contributed by atoms with Crippen molar-refractivity contribution in [3.8, 4) is 0 Å². The average molecular weight is 252 g/mol. The third-order valence-electron chi connectivity index (χ3n) is 2.28. The van der Waals surface area contributed by atoms with Crippen molar-refractivity contribution in [2.24, 2.45) is 0 Å². The first-order valence-corrected chi connectivity index (χ1v) is 5.05. The van der Waals surface area contributed by atoms with Crippen LogP contribution in [0, 0.1) is 10.1 Å². The van der Waals surface area contributed by atoms with E-state index in [1.807, 2.05) is 0 Å². The summed E-state index contributed by atoms with van der Waals surface area (Å²) in [4.78, 5) is 32.5. The smallest absolute Gasteiger partial charge is 0.333 e. The molecular formula is C11H12N2O5. The molecule has 1 heterocycles. The van der Waals surface area contributed by atoms with Gasteiger partial charge in [-0.05, 0) is 6.92 Å². The van der Waals surface area contributed by atoms with E-state index >= 15 is 0 Å². The molecule has 0 aliphatic carbocycles. The predicted octanol–water partition coefficient (Wildman–Crippen LogP) is 0.876. The predicted molar refractivity (Wildman–Crippen MR) is 63.1 cm³/mol. The first-order valence-electron chi connectivity index (χ1n) is 5.05. The summed E-state index contributed by atoms with van der Waals surface area (Å²) in [5, 5.41) is 10.6. The standard InChI is InChI=1S/C11H12N2O5/c1-8(11(15)18-2)5-6-12-7-9(13(16)17)3-4-10(12)14/h3-5,7H,6H2,1-2H3. The minimum Gasteiger partial charge on any atom is -0.466 e. The highest BCUT2D eigenvalue weighted by Crippen LogP contribution is 2.06. The van der Waals surface area contributed by atoms with Crippen molar-refractivity contribution >= 4 is 11.7 Å². The molecule has 1 aromatic rings. The summed E-state index contributed by atoms with van der Waals surface area (Å²) in [5.41, 5.74) is -0.232. The van der Waals surface area contributed by atoms with Gasteiger partial charge in [0.25, 0.3) is 11.2 Å². The lowest BCUT2D eigenvalue weighted by Crippen LogP contribution is -2.18. The van der Waals surface area contributed by atoms with E-state index in [9.17, 15) is 19.7 Å². The van der Waals surface area contributed by atoms with Crippen molar-refractivity contribution in [1.29, 1.82) is 0 Å². The fraction of sp³-hybridized carbons (Fsp3) is 0.273. The third-order valence-corrected chi connectivity index (χ3v) is 2.28. The number of ether oxygens (including phenoxy) is 1. The van der Waals surface area contributed by atoms with Crippen LogP contribution in [0.15, 0.2) is 34.8 Å². The lowest BCUT2D eigenvalue weighted by Gasteiger charge is -2.02. The first-order chi connectivity index (χ1) is 8.45. The fourth-order valence-corrected chi connectivity index (χ4v) is 1.25. The second-order valence-electron chi connectivity index (χ2n) is 3.51. The van der Waals surface area contributed by atoms with Crippen LogP contribution in [0.5, 0.6) is 0 Å². The molecule has 0 unspecified atom stereocenters. The van der Waals surface area contributed by atoms with Crippen LogP contribution in [0.2, 0.25) is 0 Å². The van der Waals surface area contributed by atoms with Crippen LogP contribution in [0.1, 0.15) is 6.92 Å². The lowest BCUT2D eigenvalue weighted by atomic mass is 10.3. The molecule has 0 saturated heterocycles. The summed E-state index contributed by atoms with van der Waals surface area (Å²) in [5.74, 6) is -0.506. The molecule has 0 aliphatic rings. The van der Waals surface area contributed by atoms with Gasteiger partial charge in [-0.3, -0.25) is 14.9 Å². The number of methoxy groups -OCH3 is 1. The first kappa shape index (κ1) is 13.6. The second-order valence-corrected chi connectivity index (χ2v) is 3.51. The largest absolute Gasteiger partial charge is 0.466 e. The Hall–Kier alpha value is -2.44. The summed E-state index contributed by atoms with van der Waals surface area (Å²) in [6.45, 7) is 1.61. The van der Waals surface area contributed by atoms with Crippen molar-refractivity contribution in [3.05, 3.63) is 50.4 Å². The van der Waals surface area contributed by atoms with E-state index in [2.05, 4.69) is 4.74 Å². The molecule has 0 spiro atoms. The molecular weight excluding hydrogens is 240 g/mol. The fourth-order valence-electron chi connectivity index (χ4n) is 1.25. The maximum absolute atomic E-state index is 11.4. The summed E-state index contributed by atoms with van der Waals surface area (Å²) in [6, 6.07) is 2.25. The lowest BCUT2D eigenvalue weighted by molar-refractivity contribution is -0.385. The van der Waals surface area contributed by atoms with Crippen molar-refractivity contribution in [3.63, 3.8) is 0 Å². The van der Waals surface area contributed by atoms with Gasteiger partial charge in [0.1, 0.15) is 0 Å². The topological polar surface area (TPSA) is 91.4 Å². The Bertz CT molecular complexity index is 559. The van der Waals surface area contributed by atoms with E-state index < -0.39 is 10.9 Å². The van der Waals surface area contributed by atoms with Gasteiger partial charge in [-0.25, -0.2) is 4.79 Å². The van der Waals surface area contributed by atoms with Gasteiger partial charge in [-0.15, -0.1) is 0 Å². The molecule has 0 bridgehead atoms. The molecule has 0 fully saturated rings. The molecule has 96 valence electrons. The number of nitrogens with zero attached hydrogens (tertiary/aromatic N) is 2. The maximum Gasteiger partial charge on any atom is 0.333 e. The zero-order valence-corrected chi connectivity index (χ0v) is 9.95. The minimum atomic E-state index is -0.590. The van der Waals surface area contributed by atoms with Gasteiger partial charge in [-0.1, -0.05) is 6.08 Å². The minimum absolute atomic E-state index is 0.0709. The highest BCUT2D eigenvalue weighted by atomic mass is 16.6. The van der Waals surface area contributed by atoms with Crippen LogP contribution in [-0.4, -0.2) is 22.6 Å². The molecule has 7 heteroatoms. The Morgan fingerprint density at radius 3 is 2.78 bits per heavy atom. The zero-order valence-electron chi connectivity index (χ0n) is 9.95. The average Bonchev–Trinajstić information content (AvgIpc) is 2.36. The molecule has 18 heavy (non-hydrogen) atoms. The summed E-state index contributed by atoms with van der Waals surface area (Å²) < 4.78 is 5.63. The number of hydrogen-bond donors (Lipinski definition) is 0. The van der Waals surface area contributed by atoms with E-state index in [0.29, 0.717) is 5.57 Å². The molecule has 1 rings (SSSR count). The van der Waals surface area contributed by atoms with Crippen molar-refractivity contribution < 1.29 is 14.5 Å². The van der Waals surface area contributed by atoms with Crippen LogP contribution in [-0.2, 0) is 16.1 Å². The van der Waals surface area contributed by atoms with Gasteiger partial charge in [-0.2, -0.15) is 0 Å². The van der Waals surface area contributed by atoms with Gasteiger partial charge >= 0.3 is 5.97 Å². The van der Waals surface area contributed by atoms with Gasteiger partial charge < -0.3 is 9.30 Å². The number of rotatable bonds is 4. The van der Waals surface area contributed by atoms with E-state index in [0.717, 1.165) is 22.9 Å². The molecule has 0 atom stereocenters. The van der Waals surface area contributed by atoms with Crippen molar-refractivity contribution in [2.45, 2.75) is 13.5 Å². The van der Waals surface area contributed by atoms with Crippen LogP contribution >= 0.6 is 0 Å². The Labute approximate surface area is 102 Å². The number of nitro groups is 1. The van der Waals surface area contributed by atoms with Gasteiger partial charge in [0.15, 0.2) is 0 Å². The SMILES string of the molecule is COC(=O)C(C)=CCn1cc([N+](=O)[O-])ccc1=O. The number of carbonyl (C=O) groups is 1. The van der Waals surface area contributed by atoms with Gasteiger partial charge in [0, 0.05) is 24.3 Å². The Morgan fingerprint density at radius 2 is 2.22 bits per heavy atom. The summed E-state index contributed by atoms with van der Waals surface area (Å²) in [6.07, 6.45) is 2.60. The second kappa shape index (κ2) is 5.76. The molecule has 0 aliphatic heterocycles. The third kappa shape index (κ3) is 3.27. The van der Waals surface area contributed by atoms with Crippen molar-refractivity contribution in [1.82, 2.24) is 4.57 Å². The van der Waals surface area contributed by atoms with E-state index in [-0.39, 0.29) is 17.8 Å². The van der Waals surface area contributed by atoms with E-state index in [4.69, 9.17) is 0 Å². The molecule has 0 N–H and O–H groups in total. The summed E-state index contributed by atoms with van der Waals surface area (Å²) >= 11 is 0. The normalized spacial score (nSPS) is 11.1. The molecule has 0 saturated carbocycles. The van der Waals surface area contributed by atoms with Crippen LogP contribution in [0.3, 0.4) is 0 Å². The summed E-state index contributed by atoms with van der Waals surface area (Å²) in [7, 11) is 1.25. The number of hydrogen-bond acceptors (Lipinski definition) is 5. The highest BCUT2D eigenvalue weighted by molar-refractivity contribution is 5.87. The number of aromatic nitrogens is 1. The molecule has 0 aromatic carbocycles. The van der Waals surface area contributed by atoms with Crippen LogP contribution in [0.4, 0.5) is 5.69 Å². The number of carbonyl (C=O) groups excluding carboxylic acids is 1. The van der Waals surface area contributed by atoms with E-state index in [1.165, 1.54) is 20.1 Å². The zero-order chi connectivity index (χ0) is 13.7. The molecule has 0 amide bonds. The Balaban J connectivity index is 2.98. The van der Waals surface area contributed by atoms with Gasteiger partial charge in [0.05, 0.1) is 18.2 Å². The molecule has 0 radical (unpaired) electrons. The highest BCUT2D eigenvalue weighted by Gasteiger charge is 2.07. The monoisotopic (exact) mass is 252 g/mol. The molecule has 1 aromatic heterocycles. The molecule has 7 nitrogen and oxygen atoms in total. The quantitative estimate of drug-likeness (QED) is 0.343.